The van der Waals surface area contributed by atoms with Crippen LogP contribution in [0.3, 0.4) is 0 Å². The van der Waals surface area contributed by atoms with Crippen LogP contribution in [0.1, 0.15) is 31.0 Å². The van der Waals surface area contributed by atoms with Crippen LogP contribution in [0.5, 0.6) is 0 Å². The molecule has 1 saturated heterocycles. The number of fused-ring (bicyclic) bond motifs is 1. The van der Waals surface area contributed by atoms with Gasteiger partial charge in [-0.3, -0.25) is 9.59 Å². The van der Waals surface area contributed by atoms with Crippen LogP contribution >= 0.6 is 0 Å². The summed E-state index contributed by atoms with van der Waals surface area (Å²) in [6.45, 7) is 3.31. The highest BCUT2D eigenvalue weighted by molar-refractivity contribution is 5.94. The zero-order valence-corrected chi connectivity index (χ0v) is 12.0. The third-order valence-electron chi connectivity index (χ3n) is 3.91. The van der Waals surface area contributed by atoms with Crippen LogP contribution in [0.4, 0.5) is 0 Å². The lowest BCUT2D eigenvalue weighted by molar-refractivity contribution is -0.127. The standard InChI is InChI=1S/C15H18N4O2/c1-2-3-8-18-10-11(9-14(18)20)15(21)19-13-7-5-4-6-12(13)16-17-19/h4-7,11H,2-3,8-10H2,1H3/t11-/m0/s1. The highest BCUT2D eigenvalue weighted by Crippen LogP contribution is 2.21. The molecule has 1 aromatic heterocycles. The topological polar surface area (TPSA) is 68.1 Å². The van der Waals surface area contributed by atoms with E-state index in [1.807, 2.05) is 24.3 Å². The highest BCUT2D eigenvalue weighted by Gasteiger charge is 2.35. The minimum absolute atomic E-state index is 0.0613. The number of aromatic nitrogens is 3. The first-order chi connectivity index (χ1) is 10.2. The molecule has 110 valence electrons. The van der Waals surface area contributed by atoms with E-state index < -0.39 is 0 Å². The molecule has 6 nitrogen and oxygen atoms in total. The first-order valence-electron chi connectivity index (χ1n) is 7.33. The third kappa shape index (κ3) is 2.53. The molecule has 0 aliphatic carbocycles. The van der Waals surface area contributed by atoms with Crippen LogP contribution < -0.4 is 0 Å². The molecule has 1 aliphatic heterocycles. The predicted octanol–water partition coefficient (Wildman–Crippen LogP) is 1.72. The molecule has 0 bridgehead atoms. The summed E-state index contributed by atoms with van der Waals surface area (Å²) in [5.41, 5.74) is 1.39. The molecule has 1 fully saturated rings. The highest BCUT2D eigenvalue weighted by atomic mass is 16.2. The van der Waals surface area contributed by atoms with Gasteiger partial charge in [0, 0.05) is 19.5 Å². The first kappa shape index (κ1) is 13.7. The number of carbonyl (C=O) groups is 2. The molecule has 2 aromatic rings. The second kappa shape index (κ2) is 5.63. The van der Waals surface area contributed by atoms with E-state index in [1.54, 1.807) is 4.90 Å². The molecule has 0 saturated carbocycles. The normalized spacial score (nSPS) is 18.6. The van der Waals surface area contributed by atoms with Crippen molar-refractivity contribution < 1.29 is 9.59 Å². The third-order valence-corrected chi connectivity index (χ3v) is 3.91. The van der Waals surface area contributed by atoms with Gasteiger partial charge in [-0.2, -0.15) is 4.68 Å². The van der Waals surface area contributed by atoms with Crippen molar-refractivity contribution in [3.8, 4) is 0 Å². The van der Waals surface area contributed by atoms with Gasteiger partial charge in [0.15, 0.2) is 0 Å². The Morgan fingerprint density at radius 1 is 1.38 bits per heavy atom. The number of unbranched alkanes of at least 4 members (excludes halogenated alkanes) is 1. The Balaban J connectivity index is 1.78. The van der Waals surface area contributed by atoms with Crippen molar-refractivity contribution in [3.63, 3.8) is 0 Å². The summed E-state index contributed by atoms with van der Waals surface area (Å²) in [6, 6.07) is 7.35. The number of amides is 1. The molecule has 1 atom stereocenters. The van der Waals surface area contributed by atoms with E-state index in [4.69, 9.17) is 0 Å². The number of likely N-dealkylation sites (tertiary alicyclic amines) is 1. The van der Waals surface area contributed by atoms with Crippen molar-refractivity contribution in [2.24, 2.45) is 5.92 Å². The van der Waals surface area contributed by atoms with Gasteiger partial charge < -0.3 is 4.90 Å². The van der Waals surface area contributed by atoms with E-state index in [0.717, 1.165) is 19.4 Å². The molecule has 21 heavy (non-hydrogen) atoms. The van der Waals surface area contributed by atoms with E-state index in [0.29, 0.717) is 17.6 Å². The Kier molecular flexibility index (Phi) is 3.68. The first-order valence-corrected chi connectivity index (χ1v) is 7.33. The lowest BCUT2D eigenvalue weighted by Gasteiger charge is -2.15. The second-order valence-electron chi connectivity index (χ2n) is 5.42. The molecule has 2 heterocycles. The van der Waals surface area contributed by atoms with Crippen molar-refractivity contribution in [2.75, 3.05) is 13.1 Å². The van der Waals surface area contributed by atoms with Crippen molar-refractivity contribution in [2.45, 2.75) is 26.2 Å². The summed E-state index contributed by atoms with van der Waals surface area (Å²) in [6.07, 6.45) is 2.28. The lowest BCUT2D eigenvalue weighted by Crippen LogP contribution is -2.29. The van der Waals surface area contributed by atoms with Crippen LogP contribution in [0.15, 0.2) is 24.3 Å². The van der Waals surface area contributed by atoms with Gasteiger partial charge >= 0.3 is 0 Å². The number of rotatable bonds is 4. The fourth-order valence-electron chi connectivity index (χ4n) is 2.71. The number of nitrogens with zero attached hydrogens (tertiary/aromatic N) is 4. The van der Waals surface area contributed by atoms with Gasteiger partial charge in [-0.15, -0.1) is 5.10 Å². The SMILES string of the molecule is CCCCN1C[C@@H](C(=O)n2nnc3ccccc32)CC1=O. The van der Waals surface area contributed by atoms with E-state index in [2.05, 4.69) is 17.2 Å². The molecule has 1 amide bonds. The maximum Gasteiger partial charge on any atom is 0.254 e. The van der Waals surface area contributed by atoms with E-state index in [9.17, 15) is 9.59 Å². The lowest BCUT2D eigenvalue weighted by atomic mass is 10.1. The summed E-state index contributed by atoms with van der Waals surface area (Å²) in [4.78, 5) is 26.3. The maximum absolute atomic E-state index is 12.6. The monoisotopic (exact) mass is 286 g/mol. The van der Waals surface area contributed by atoms with Crippen LogP contribution in [-0.4, -0.2) is 44.8 Å². The summed E-state index contributed by atoms with van der Waals surface area (Å²) < 4.78 is 1.33. The molecule has 3 rings (SSSR count). The second-order valence-corrected chi connectivity index (χ2v) is 5.42. The van der Waals surface area contributed by atoms with E-state index in [-0.39, 0.29) is 24.2 Å². The zero-order valence-electron chi connectivity index (χ0n) is 12.0. The molecule has 1 aromatic carbocycles. The van der Waals surface area contributed by atoms with Crippen LogP contribution in [0.25, 0.3) is 11.0 Å². The van der Waals surface area contributed by atoms with Crippen LogP contribution in [-0.2, 0) is 4.79 Å². The number of hydrogen-bond acceptors (Lipinski definition) is 4. The molecule has 0 radical (unpaired) electrons. The van der Waals surface area contributed by atoms with Gasteiger partial charge in [-0.1, -0.05) is 30.7 Å². The summed E-state index contributed by atoms with van der Waals surface area (Å²) in [5, 5.41) is 7.93. The largest absolute Gasteiger partial charge is 0.342 e. The van der Waals surface area contributed by atoms with Crippen LogP contribution in [0.2, 0.25) is 0 Å². The molecular weight excluding hydrogens is 268 g/mol. The average molecular weight is 286 g/mol. The molecule has 1 aliphatic rings. The van der Waals surface area contributed by atoms with Crippen molar-refractivity contribution in [1.29, 1.82) is 0 Å². The molecule has 0 N–H and O–H groups in total. The van der Waals surface area contributed by atoms with Gasteiger partial charge in [0.05, 0.1) is 11.4 Å². The summed E-state index contributed by atoms with van der Waals surface area (Å²) >= 11 is 0. The van der Waals surface area contributed by atoms with Crippen LogP contribution in [0, 0.1) is 5.92 Å². The minimum atomic E-state index is -0.320. The Hall–Kier alpha value is -2.24. The van der Waals surface area contributed by atoms with Gasteiger partial charge in [0.25, 0.3) is 5.91 Å². The zero-order chi connectivity index (χ0) is 14.8. The predicted molar refractivity (Wildman–Crippen MR) is 77.7 cm³/mol. The fraction of sp³-hybridized carbons (Fsp3) is 0.467. The minimum Gasteiger partial charge on any atom is -0.342 e. The molecule has 0 unspecified atom stereocenters. The molecular formula is C15H18N4O2. The number of carbonyl (C=O) groups excluding carboxylic acids is 2. The maximum atomic E-state index is 12.6. The number of para-hydroxylation sites is 1. The Morgan fingerprint density at radius 2 is 2.19 bits per heavy atom. The summed E-state index contributed by atoms with van der Waals surface area (Å²) in [5.74, 6) is -0.401. The average Bonchev–Trinajstić information content (AvgIpc) is 3.08. The Morgan fingerprint density at radius 3 is 3.00 bits per heavy atom. The van der Waals surface area contributed by atoms with Gasteiger partial charge in [0.2, 0.25) is 5.91 Å². The Labute approximate surface area is 122 Å². The Bertz CT molecular complexity index is 679. The number of benzene rings is 1. The molecule has 6 heteroatoms. The van der Waals surface area contributed by atoms with E-state index >= 15 is 0 Å². The van der Waals surface area contributed by atoms with Gasteiger partial charge in [-0.25, -0.2) is 0 Å². The van der Waals surface area contributed by atoms with E-state index in [1.165, 1.54) is 4.68 Å². The summed E-state index contributed by atoms with van der Waals surface area (Å²) in [7, 11) is 0. The fourth-order valence-corrected chi connectivity index (χ4v) is 2.71. The van der Waals surface area contributed by atoms with Crippen molar-refractivity contribution in [1.82, 2.24) is 19.9 Å². The number of hydrogen-bond donors (Lipinski definition) is 0. The van der Waals surface area contributed by atoms with Crippen molar-refractivity contribution >= 4 is 22.8 Å². The van der Waals surface area contributed by atoms with Crippen molar-refractivity contribution in [3.05, 3.63) is 24.3 Å². The quantitative estimate of drug-likeness (QED) is 0.858. The smallest absolute Gasteiger partial charge is 0.254 e. The molecule has 0 spiro atoms. The van der Waals surface area contributed by atoms with Gasteiger partial charge in [-0.05, 0) is 18.6 Å². The van der Waals surface area contributed by atoms with Gasteiger partial charge in [0.1, 0.15) is 5.52 Å².